The number of hydrogen-bond acceptors (Lipinski definition) is 5. The molecule has 0 saturated carbocycles. The van der Waals surface area contributed by atoms with E-state index in [-0.39, 0.29) is 11.8 Å². The molecule has 192 valence electrons. The SMILES string of the molecule is Cc1nc(N)ccc1CNC(=O)[C@H](C)NC(=O)c1cc(Cc2ccccc2)c[nH]1.O=C(O)C(F)(F)F. The van der Waals surface area contributed by atoms with Crippen LogP contribution < -0.4 is 16.4 Å². The van der Waals surface area contributed by atoms with Crippen molar-refractivity contribution in [3.05, 3.63) is 82.8 Å². The number of nitrogens with two attached hydrogens (primary N) is 1. The quantitative estimate of drug-likeness (QED) is 0.333. The fraction of sp³-hybridized carbons (Fsp3) is 0.250. The standard InChI is InChI=1S/C22H25N5O2.C2HF3O2/c1-14-18(8-9-20(23)26-14)13-25-21(28)15(2)27-22(29)19-11-17(12-24-19)10-16-6-4-3-5-7-16;3-2(4,5)1(6)7/h3-9,11-12,15,24H,10,13H2,1-2H3,(H2,23,26)(H,25,28)(H,27,29);(H,6,7)/t15-;/m0./s1. The molecule has 3 aromatic rings. The summed E-state index contributed by atoms with van der Waals surface area (Å²) >= 11 is 0. The number of aromatic amines is 1. The Balaban J connectivity index is 0.000000572. The lowest BCUT2D eigenvalue weighted by atomic mass is 10.1. The Hall–Kier alpha value is -4.35. The molecule has 0 aliphatic heterocycles. The number of carboxylic acid groups (broad SMARTS) is 1. The van der Waals surface area contributed by atoms with Crippen LogP contribution in [0.4, 0.5) is 19.0 Å². The summed E-state index contributed by atoms with van der Waals surface area (Å²) in [5.74, 6) is -2.91. The van der Waals surface area contributed by atoms with E-state index >= 15 is 0 Å². The summed E-state index contributed by atoms with van der Waals surface area (Å²) in [5, 5.41) is 12.6. The van der Waals surface area contributed by atoms with Gasteiger partial charge in [-0.2, -0.15) is 13.2 Å². The number of carboxylic acids is 1. The zero-order valence-electron chi connectivity index (χ0n) is 19.5. The minimum absolute atomic E-state index is 0.273. The Morgan fingerprint density at radius 3 is 2.33 bits per heavy atom. The van der Waals surface area contributed by atoms with Gasteiger partial charge in [-0.15, -0.1) is 0 Å². The van der Waals surface area contributed by atoms with Gasteiger partial charge in [0, 0.05) is 18.4 Å². The molecule has 0 bridgehead atoms. The molecule has 0 spiro atoms. The minimum atomic E-state index is -5.08. The van der Waals surface area contributed by atoms with Gasteiger partial charge in [0.2, 0.25) is 5.91 Å². The van der Waals surface area contributed by atoms with Gasteiger partial charge in [-0.05, 0) is 49.1 Å². The molecule has 0 aliphatic rings. The van der Waals surface area contributed by atoms with Crippen molar-refractivity contribution in [2.24, 2.45) is 0 Å². The average molecular weight is 505 g/mol. The van der Waals surface area contributed by atoms with Gasteiger partial charge in [-0.1, -0.05) is 36.4 Å². The van der Waals surface area contributed by atoms with Crippen LogP contribution in [0, 0.1) is 6.92 Å². The van der Waals surface area contributed by atoms with E-state index in [1.165, 1.54) is 5.56 Å². The van der Waals surface area contributed by atoms with E-state index in [2.05, 4.69) is 20.6 Å². The number of carbonyl (C=O) groups excluding carboxylic acids is 2. The second-order valence-electron chi connectivity index (χ2n) is 7.78. The number of aromatic nitrogens is 2. The first-order valence-corrected chi connectivity index (χ1v) is 10.7. The first-order chi connectivity index (χ1) is 16.9. The number of aryl methyl sites for hydroxylation is 1. The number of aliphatic carboxylic acids is 1. The van der Waals surface area contributed by atoms with Crippen LogP contribution in [0.1, 0.15) is 39.8 Å². The Bertz CT molecular complexity index is 1200. The van der Waals surface area contributed by atoms with E-state index in [9.17, 15) is 22.8 Å². The van der Waals surface area contributed by atoms with Crippen molar-refractivity contribution < 1.29 is 32.7 Å². The number of carbonyl (C=O) groups is 3. The Morgan fingerprint density at radius 1 is 1.11 bits per heavy atom. The summed E-state index contributed by atoms with van der Waals surface area (Å²) in [4.78, 5) is 40.8. The maximum absolute atomic E-state index is 12.4. The number of nitrogens with zero attached hydrogens (tertiary/aromatic N) is 1. The van der Waals surface area contributed by atoms with E-state index in [0.717, 1.165) is 23.2 Å². The maximum Gasteiger partial charge on any atom is 0.490 e. The van der Waals surface area contributed by atoms with E-state index in [1.807, 2.05) is 49.5 Å². The normalized spacial score (nSPS) is 11.6. The Kier molecular flexibility index (Phi) is 9.59. The van der Waals surface area contributed by atoms with Crippen molar-refractivity contribution >= 4 is 23.6 Å². The third kappa shape index (κ3) is 8.78. The number of nitrogens with one attached hydrogen (secondary N) is 3. The maximum atomic E-state index is 12.4. The molecule has 0 unspecified atom stereocenters. The van der Waals surface area contributed by atoms with Crippen LogP contribution in [0.3, 0.4) is 0 Å². The smallest absolute Gasteiger partial charge is 0.475 e. The molecule has 3 rings (SSSR count). The zero-order chi connectivity index (χ0) is 26.9. The van der Waals surface area contributed by atoms with Gasteiger partial charge in [0.25, 0.3) is 5.91 Å². The second-order valence-corrected chi connectivity index (χ2v) is 7.78. The van der Waals surface area contributed by atoms with Crippen molar-refractivity contribution in [1.29, 1.82) is 0 Å². The number of H-pyrrole nitrogens is 1. The van der Waals surface area contributed by atoms with Gasteiger partial charge in [-0.3, -0.25) is 9.59 Å². The number of rotatable bonds is 7. The molecule has 0 fully saturated rings. The van der Waals surface area contributed by atoms with E-state index < -0.39 is 18.2 Å². The van der Waals surface area contributed by atoms with Crippen molar-refractivity contribution in [2.45, 2.75) is 39.0 Å². The monoisotopic (exact) mass is 505 g/mol. The van der Waals surface area contributed by atoms with Crippen molar-refractivity contribution in [3.8, 4) is 0 Å². The molecule has 2 amide bonds. The molecule has 6 N–H and O–H groups in total. The molecule has 9 nitrogen and oxygen atoms in total. The van der Waals surface area contributed by atoms with Gasteiger partial charge in [-0.25, -0.2) is 9.78 Å². The topological polar surface area (TPSA) is 150 Å². The van der Waals surface area contributed by atoms with Gasteiger partial charge < -0.3 is 26.5 Å². The Labute approximate surface area is 204 Å². The van der Waals surface area contributed by atoms with Crippen LogP contribution >= 0.6 is 0 Å². The number of pyridine rings is 1. The number of amides is 2. The molecular weight excluding hydrogens is 479 g/mol. The third-order valence-electron chi connectivity index (χ3n) is 4.89. The fourth-order valence-electron chi connectivity index (χ4n) is 2.98. The molecular formula is C24H26F3N5O4. The predicted molar refractivity (Wildman–Crippen MR) is 126 cm³/mol. The van der Waals surface area contributed by atoms with Gasteiger partial charge in [0.1, 0.15) is 17.6 Å². The highest BCUT2D eigenvalue weighted by Crippen LogP contribution is 2.13. The van der Waals surface area contributed by atoms with Crippen molar-refractivity contribution in [3.63, 3.8) is 0 Å². The van der Waals surface area contributed by atoms with Crippen LogP contribution in [0.25, 0.3) is 0 Å². The van der Waals surface area contributed by atoms with Crippen molar-refractivity contribution in [1.82, 2.24) is 20.6 Å². The van der Waals surface area contributed by atoms with Crippen LogP contribution in [0.15, 0.2) is 54.7 Å². The highest BCUT2D eigenvalue weighted by atomic mass is 19.4. The molecule has 0 aliphatic carbocycles. The number of nitrogen functional groups attached to an aromatic ring is 1. The highest BCUT2D eigenvalue weighted by molar-refractivity contribution is 5.96. The van der Waals surface area contributed by atoms with Crippen LogP contribution in [-0.4, -0.2) is 45.1 Å². The van der Waals surface area contributed by atoms with Crippen LogP contribution in [-0.2, 0) is 22.6 Å². The van der Waals surface area contributed by atoms with E-state index in [0.29, 0.717) is 18.1 Å². The first-order valence-electron chi connectivity index (χ1n) is 10.7. The van der Waals surface area contributed by atoms with Crippen molar-refractivity contribution in [2.75, 3.05) is 5.73 Å². The fourth-order valence-corrected chi connectivity index (χ4v) is 2.98. The summed E-state index contributed by atoms with van der Waals surface area (Å²) in [5.41, 5.74) is 9.87. The lowest BCUT2D eigenvalue weighted by Gasteiger charge is -2.14. The molecule has 1 atom stereocenters. The summed E-state index contributed by atoms with van der Waals surface area (Å²) < 4.78 is 31.7. The van der Waals surface area contributed by atoms with Crippen LogP contribution in [0.2, 0.25) is 0 Å². The predicted octanol–water partition coefficient (Wildman–Crippen LogP) is 2.96. The molecule has 12 heteroatoms. The number of benzene rings is 1. The molecule has 1 aromatic carbocycles. The average Bonchev–Trinajstić information content (AvgIpc) is 3.27. The highest BCUT2D eigenvalue weighted by Gasteiger charge is 2.38. The molecule has 36 heavy (non-hydrogen) atoms. The number of hydrogen-bond donors (Lipinski definition) is 5. The molecule has 0 saturated heterocycles. The molecule has 0 radical (unpaired) electrons. The van der Waals surface area contributed by atoms with Gasteiger partial charge >= 0.3 is 12.1 Å². The zero-order valence-corrected chi connectivity index (χ0v) is 19.5. The Morgan fingerprint density at radius 2 is 1.75 bits per heavy atom. The minimum Gasteiger partial charge on any atom is -0.475 e. The van der Waals surface area contributed by atoms with Gasteiger partial charge in [0.15, 0.2) is 0 Å². The van der Waals surface area contributed by atoms with Crippen LogP contribution in [0.5, 0.6) is 0 Å². The third-order valence-corrected chi connectivity index (χ3v) is 4.89. The lowest BCUT2D eigenvalue weighted by Crippen LogP contribution is -2.44. The summed E-state index contributed by atoms with van der Waals surface area (Å²) in [7, 11) is 0. The lowest BCUT2D eigenvalue weighted by molar-refractivity contribution is -0.192. The first kappa shape index (κ1) is 27.9. The number of anilines is 1. The summed E-state index contributed by atoms with van der Waals surface area (Å²) in [6.07, 6.45) is -2.54. The molecule has 2 aromatic heterocycles. The van der Waals surface area contributed by atoms with E-state index in [4.69, 9.17) is 15.6 Å². The van der Waals surface area contributed by atoms with Gasteiger partial charge in [0.05, 0.1) is 0 Å². The summed E-state index contributed by atoms with van der Waals surface area (Å²) in [6, 6.07) is 14.7. The number of alkyl halides is 3. The molecule has 2 heterocycles. The van der Waals surface area contributed by atoms with E-state index in [1.54, 1.807) is 19.1 Å². The second kappa shape index (κ2) is 12.4. The largest absolute Gasteiger partial charge is 0.490 e. The number of halogens is 3. The summed E-state index contributed by atoms with van der Waals surface area (Å²) in [6.45, 7) is 3.80.